The second-order valence-electron chi connectivity index (χ2n) is 5.23. The highest BCUT2D eigenvalue weighted by atomic mass is 19.3. The number of piperidine rings is 1. The lowest BCUT2D eigenvalue weighted by Gasteiger charge is -2.32. The summed E-state index contributed by atoms with van der Waals surface area (Å²) in [5.41, 5.74) is 0.135. The van der Waals surface area contributed by atoms with Gasteiger partial charge in [0.15, 0.2) is 0 Å². The number of benzene rings is 1. The maximum atomic E-state index is 12.4. The minimum atomic E-state index is -2.98. The van der Waals surface area contributed by atoms with Crippen molar-refractivity contribution in [3.63, 3.8) is 0 Å². The first-order chi connectivity index (χ1) is 11.5. The lowest BCUT2D eigenvalue weighted by Crippen LogP contribution is -2.50. The Morgan fingerprint density at radius 2 is 2.08 bits per heavy atom. The average molecular weight is 343 g/mol. The van der Waals surface area contributed by atoms with Crippen LogP contribution < -0.4 is 15.4 Å². The number of urea groups is 1. The van der Waals surface area contributed by atoms with Crippen LogP contribution in [0.15, 0.2) is 24.3 Å². The zero-order chi connectivity index (χ0) is 17.5. The van der Waals surface area contributed by atoms with Gasteiger partial charge in [0.1, 0.15) is 5.75 Å². The van der Waals surface area contributed by atoms with Crippen LogP contribution in [0.4, 0.5) is 24.1 Å². The van der Waals surface area contributed by atoms with E-state index < -0.39 is 18.7 Å². The van der Waals surface area contributed by atoms with Crippen molar-refractivity contribution in [1.29, 1.82) is 0 Å². The van der Waals surface area contributed by atoms with Crippen molar-refractivity contribution in [2.45, 2.75) is 25.5 Å². The summed E-state index contributed by atoms with van der Waals surface area (Å²) in [4.78, 5) is 25.1. The van der Waals surface area contributed by atoms with Gasteiger partial charge in [0.2, 0.25) is 0 Å². The van der Waals surface area contributed by atoms with Crippen LogP contribution in [0.25, 0.3) is 0 Å². The molecule has 1 aromatic carbocycles. The molecule has 0 aliphatic carbocycles. The molecular weight excluding hydrogens is 324 g/mol. The topological polar surface area (TPSA) is 79.9 Å². The van der Waals surface area contributed by atoms with Crippen molar-refractivity contribution in [3.8, 4) is 5.75 Å². The van der Waals surface area contributed by atoms with Crippen LogP contribution in [0.5, 0.6) is 5.75 Å². The van der Waals surface area contributed by atoms with Crippen LogP contribution in [0.2, 0.25) is 0 Å². The quantitative estimate of drug-likeness (QED) is 0.881. The van der Waals surface area contributed by atoms with Gasteiger partial charge in [-0.3, -0.25) is 0 Å². The number of halogens is 2. The number of methoxy groups -OCH3 is 1. The number of rotatable bonds is 4. The number of carbonyl (C=O) groups excluding carboxylic acids is 2. The fourth-order valence-electron chi connectivity index (χ4n) is 2.50. The van der Waals surface area contributed by atoms with E-state index in [1.807, 2.05) is 0 Å². The van der Waals surface area contributed by atoms with Gasteiger partial charge < -0.3 is 25.0 Å². The zero-order valence-electron chi connectivity index (χ0n) is 13.1. The van der Waals surface area contributed by atoms with E-state index in [2.05, 4.69) is 20.1 Å². The number of likely N-dealkylation sites (tertiary alicyclic amines) is 1. The molecule has 24 heavy (non-hydrogen) atoms. The maximum Gasteiger partial charge on any atom is 0.409 e. The van der Waals surface area contributed by atoms with E-state index in [1.165, 1.54) is 30.2 Å². The predicted octanol–water partition coefficient (Wildman–Crippen LogP) is 2.64. The Hall–Kier alpha value is -2.58. The Kier molecular flexibility index (Phi) is 6.16. The van der Waals surface area contributed by atoms with Crippen LogP contribution in [0.1, 0.15) is 12.8 Å². The number of carbonyl (C=O) groups is 2. The largest absolute Gasteiger partial charge is 0.453 e. The highest BCUT2D eigenvalue weighted by Gasteiger charge is 2.25. The molecule has 0 spiro atoms. The number of nitrogens with zero attached hydrogens (tertiary/aromatic N) is 1. The normalized spacial score (nSPS) is 17.3. The molecule has 0 aromatic heterocycles. The lowest BCUT2D eigenvalue weighted by atomic mass is 10.1. The van der Waals surface area contributed by atoms with E-state index >= 15 is 0 Å². The van der Waals surface area contributed by atoms with E-state index in [-0.39, 0.29) is 17.5 Å². The van der Waals surface area contributed by atoms with Gasteiger partial charge in [-0.05, 0) is 25.0 Å². The summed E-state index contributed by atoms with van der Waals surface area (Å²) in [5, 5.41) is 5.19. The Labute approximate surface area is 137 Å². The van der Waals surface area contributed by atoms with Crippen LogP contribution in [-0.2, 0) is 4.74 Å². The molecule has 1 fully saturated rings. The van der Waals surface area contributed by atoms with E-state index in [0.29, 0.717) is 19.5 Å². The number of amides is 3. The molecule has 0 saturated carbocycles. The smallest absolute Gasteiger partial charge is 0.409 e. The zero-order valence-corrected chi connectivity index (χ0v) is 13.1. The maximum absolute atomic E-state index is 12.4. The molecule has 2 rings (SSSR count). The molecule has 1 aromatic rings. The number of anilines is 1. The molecule has 3 amide bonds. The second-order valence-corrected chi connectivity index (χ2v) is 5.23. The molecule has 132 valence electrons. The second kappa shape index (κ2) is 8.32. The van der Waals surface area contributed by atoms with Crippen LogP contribution >= 0.6 is 0 Å². The van der Waals surface area contributed by atoms with Gasteiger partial charge >= 0.3 is 18.7 Å². The van der Waals surface area contributed by atoms with E-state index in [0.717, 1.165) is 6.42 Å². The summed E-state index contributed by atoms with van der Waals surface area (Å²) in [5.74, 6) is -0.123. The van der Waals surface area contributed by atoms with Gasteiger partial charge in [0.25, 0.3) is 0 Å². The fraction of sp³-hybridized carbons (Fsp3) is 0.467. The van der Waals surface area contributed by atoms with Crippen molar-refractivity contribution < 1.29 is 27.8 Å². The minimum absolute atomic E-state index is 0.123. The van der Waals surface area contributed by atoms with Crippen molar-refractivity contribution >= 4 is 17.8 Å². The van der Waals surface area contributed by atoms with Crippen LogP contribution in [0.3, 0.4) is 0 Å². The Balaban J connectivity index is 1.92. The number of hydrogen-bond donors (Lipinski definition) is 2. The first-order valence-corrected chi connectivity index (χ1v) is 7.44. The van der Waals surface area contributed by atoms with Crippen molar-refractivity contribution in [3.05, 3.63) is 24.3 Å². The first-order valence-electron chi connectivity index (χ1n) is 7.44. The third-order valence-electron chi connectivity index (χ3n) is 3.54. The number of ether oxygens (including phenoxy) is 2. The van der Waals surface area contributed by atoms with E-state index in [1.54, 1.807) is 6.07 Å². The van der Waals surface area contributed by atoms with Crippen molar-refractivity contribution in [2.24, 2.45) is 0 Å². The van der Waals surface area contributed by atoms with Gasteiger partial charge in [-0.25, -0.2) is 9.59 Å². The molecule has 7 nitrogen and oxygen atoms in total. The highest BCUT2D eigenvalue weighted by Crippen LogP contribution is 2.25. The van der Waals surface area contributed by atoms with E-state index in [4.69, 9.17) is 0 Å². The number of hydrogen-bond acceptors (Lipinski definition) is 4. The van der Waals surface area contributed by atoms with Crippen molar-refractivity contribution in [2.75, 3.05) is 25.5 Å². The molecule has 1 saturated heterocycles. The fourth-order valence-corrected chi connectivity index (χ4v) is 2.50. The molecule has 1 aliphatic rings. The van der Waals surface area contributed by atoms with Crippen LogP contribution in [0, 0.1) is 0 Å². The molecule has 0 unspecified atom stereocenters. The Bertz CT molecular complexity index is 586. The first kappa shape index (κ1) is 17.8. The summed E-state index contributed by atoms with van der Waals surface area (Å²) >= 11 is 0. The summed E-state index contributed by atoms with van der Waals surface area (Å²) < 4.78 is 33.7. The number of alkyl halides is 2. The summed E-state index contributed by atoms with van der Waals surface area (Å²) in [6.07, 6.45) is 0.985. The number of nitrogens with one attached hydrogen (secondary N) is 2. The van der Waals surface area contributed by atoms with Crippen LogP contribution in [-0.4, -0.2) is 49.9 Å². The average Bonchev–Trinajstić information content (AvgIpc) is 2.55. The number of para-hydroxylation sites is 2. The summed E-state index contributed by atoms with van der Waals surface area (Å²) in [7, 11) is 1.30. The molecular formula is C15H19F2N3O4. The molecule has 1 heterocycles. The SMILES string of the molecule is COC(=O)N1CCC[C@H](NC(=O)Nc2ccccc2OC(F)F)C1. The van der Waals surface area contributed by atoms with Gasteiger partial charge in [0.05, 0.1) is 12.8 Å². The van der Waals surface area contributed by atoms with Gasteiger partial charge in [-0.2, -0.15) is 8.78 Å². The summed E-state index contributed by atoms with van der Waals surface area (Å²) in [6.45, 7) is -2.09. The lowest BCUT2D eigenvalue weighted by molar-refractivity contribution is -0.0493. The minimum Gasteiger partial charge on any atom is -0.453 e. The molecule has 1 aliphatic heterocycles. The van der Waals surface area contributed by atoms with Gasteiger partial charge in [0, 0.05) is 19.1 Å². The molecule has 2 N–H and O–H groups in total. The Morgan fingerprint density at radius 3 is 2.79 bits per heavy atom. The van der Waals surface area contributed by atoms with Gasteiger partial charge in [-0.1, -0.05) is 12.1 Å². The van der Waals surface area contributed by atoms with Crippen molar-refractivity contribution in [1.82, 2.24) is 10.2 Å². The Morgan fingerprint density at radius 1 is 1.33 bits per heavy atom. The predicted molar refractivity (Wildman–Crippen MR) is 82.2 cm³/mol. The standard InChI is InChI=1S/C15H19F2N3O4/c1-23-15(22)20-8-4-5-10(9-20)18-14(21)19-11-6-2-3-7-12(11)24-13(16)17/h2-3,6-7,10,13H,4-5,8-9H2,1H3,(H2,18,19,21)/t10-/m0/s1. The molecule has 9 heteroatoms. The summed E-state index contributed by atoms with van der Waals surface area (Å²) in [6, 6.07) is 5.10. The van der Waals surface area contributed by atoms with E-state index in [9.17, 15) is 18.4 Å². The molecule has 0 radical (unpaired) electrons. The molecule has 1 atom stereocenters. The van der Waals surface area contributed by atoms with Gasteiger partial charge in [-0.15, -0.1) is 0 Å². The third kappa shape index (κ3) is 4.97. The molecule has 0 bridgehead atoms. The monoisotopic (exact) mass is 343 g/mol. The third-order valence-corrected chi connectivity index (χ3v) is 3.54. The highest BCUT2D eigenvalue weighted by molar-refractivity contribution is 5.91.